The summed E-state index contributed by atoms with van der Waals surface area (Å²) in [5.74, 6) is 2.20. The van der Waals surface area contributed by atoms with Crippen molar-refractivity contribution in [3.8, 4) is 11.5 Å². The first-order valence-electron chi connectivity index (χ1n) is 13.1. The molecule has 1 N–H and O–H groups in total. The number of amidine groups is 1. The number of amides is 1. The zero-order valence-corrected chi connectivity index (χ0v) is 24.7. The van der Waals surface area contributed by atoms with Crippen molar-refractivity contribution in [3.63, 3.8) is 0 Å². The van der Waals surface area contributed by atoms with Crippen LogP contribution in [0, 0.1) is 5.92 Å². The molecule has 0 aromatic heterocycles. The molecular weight excluding hydrogens is 566 g/mol. The van der Waals surface area contributed by atoms with Crippen LogP contribution in [0.5, 0.6) is 11.5 Å². The number of hydrogen-bond acceptors (Lipinski definition) is 5. The maximum absolute atomic E-state index is 13.1. The largest absolute Gasteiger partial charge is 0.508 e. The molecule has 1 amide bonds. The number of nitrogens with zero attached hydrogens (tertiary/aromatic N) is 3. The van der Waals surface area contributed by atoms with Gasteiger partial charge in [-0.3, -0.25) is 4.99 Å². The summed E-state index contributed by atoms with van der Waals surface area (Å²) >= 11 is 10.4. The topological polar surface area (TPSA) is 62.1 Å². The van der Waals surface area contributed by atoms with E-state index in [1.165, 1.54) is 0 Å². The predicted molar refractivity (Wildman–Crippen MR) is 159 cm³/mol. The van der Waals surface area contributed by atoms with Gasteiger partial charge in [0.25, 0.3) is 0 Å². The molecule has 202 valence electrons. The van der Waals surface area contributed by atoms with Crippen LogP contribution in [-0.2, 0) is 11.2 Å². The van der Waals surface area contributed by atoms with Gasteiger partial charge in [-0.25, -0.2) is 9.28 Å². The second kappa shape index (κ2) is 12.1. The molecule has 6 nitrogen and oxygen atoms in total. The smallest absolute Gasteiger partial charge is 0.306 e. The summed E-state index contributed by atoms with van der Waals surface area (Å²) in [7, 11) is 0. The Morgan fingerprint density at radius 3 is 2.66 bits per heavy atom. The molecule has 3 atom stereocenters. The summed E-state index contributed by atoms with van der Waals surface area (Å²) in [6.45, 7) is 9.30. The number of phenolic OH excluding ortho intramolecular Hbond substituents is 1. The van der Waals surface area contributed by atoms with Crippen molar-refractivity contribution in [2.24, 2.45) is 10.9 Å². The zero-order chi connectivity index (χ0) is 27.4. The third-order valence-electron chi connectivity index (χ3n) is 7.03. The second-order valence-corrected chi connectivity index (χ2v) is 12.0. The van der Waals surface area contributed by atoms with Crippen LogP contribution >= 0.6 is 27.5 Å². The molecule has 0 bridgehead atoms. The van der Waals surface area contributed by atoms with Crippen LogP contribution in [0.25, 0.3) is 0 Å². The fourth-order valence-electron chi connectivity index (χ4n) is 5.10. The van der Waals surface area contributed by atoms with Crippen LogP contribution in [-0.4, -0.2) is 53.5 Å². The predicted octanol–water partition coefficient (Wildman–Crippen LogP) is 6.88. The molecule has 0 aliphatic carbocycles. The molecule has 2 aliphatic rings. The number of halogens is 2. The molecule has 0 fully saturated rings. The Hall–Kier alpha value is -2.61. The number of allylic oxidation sites excluding steroid dienone is 2. The van der Waals surface area contributed by atoms with Gasteiger partial charge in [0, 0.05) is 22.8 Å². The molecule has 0 saturated carbocycles. The van der Waals surface area contributed by atoms with Gasteiger partial charge in [0.05, 0.1) is 18.7 Å². The third-order valence-corrected chi connectivity index (χ3v) is 7.82. The molecule has 0 spiro atoms. The number of ether oxygens (including phenoxy) is 1. The number of aromatic hydroxyl groups is 1. The lowest BCUT2D eigenvalue weighted by Crippen LogP contribution is -2.56. The molecular formula is C30H36BrClN3O3+. The van der Waals surface area contributed by atoms with Crippen LogP contribution in [0.3, 0.4) is 0 Å². The van der Waals surface area contributed by atoms with Crippen LogP contribution in [0.2, 0.25) is 5.02 Å². The Morgan fingerprint density at radius 2 is 1.97 bits per heavy atom. The average Bonchev–Trinajstić information content (AvgIpc) is 3.20. The first-order valence-corrected chi connectivity index (χ1v) is 14.3. The molecule has 0 saturated heterocycles. The van der Waals surface area contributed by atoms with Gasteiger partial charge in [-0.1, -0.05) is 47.5 Å². The highest BCUT2D eigenvalue weighted by Gasteiger charge is 2.43. The number of aliphatic imine (C=N–C) groups is 1. The van der Waals surface area contributed by atoms with E-state index >= 15 is 0 Å². The number of rotatable bonds is 11. The Labute approximate surface area is 239 Å². The van der Waals surface area contributed by atoms with Crippen LogP contribution in [0.15, 0.2) is 70.3 Å². The lowest BCUT2D eigenvalue weighted by molar-refractivity contribution is -0.118. The van der Waals surface area contributed by atoms with E-state index in [1.54, 1.807) is 12.1 Å². The third kappa shape index (κ3) is 6.33. The minimum atomic E-state index is -0.212. The highest BCUT2D eigenvalue weighted by atomic mass is 79.9. The first-order chi connectivity index (χ1) is 18.1. The normalized spacial score (nSPS) is 20.0. The molecule has 2 aromatic rings. The lowest BCUT2D eigenvalue weighted by Gasteiger charge is -2.36. The zero-order valence-electron chi connectivity index (χ0n) is 22.3. The van der Waals surface area contributed by atoms with E-state index in [1.807, 2.05) is 62.5 Å². The fourth-order valence-corrected chi connectivity index (χ4v) is 5.84. The van der Waals surface area contributed by atoms with E-state index in [0.29, 0.717) is 36.2 Å². The van der Waals surface area contributed by atoms with Gasteiger partial charge in [-0.2, -0.15) is 0 Å². The summed E-state index contributed by atoms with van der Waals surface area (Å²) in [5, 5.41) is 11.1. The van der Waals surface area contributed by atoms with Crippen molar-refractivity contribution in [3.05, 3.63) is 75.9 Å². The summed E-state index contributed by atoms with van der Waals surface area (Å²) in [6.07, 6.45) is 10.4. The van der Waals surface area contributed by atoms with Crippen molar-refractivity contribution in [2.75, 3.05) is 13.1 Å². The maximum atomic E-state index is 13.1. The fraction of sp³-hybridized carbons (Fsp3) is 0.400. The van der Waals surface area contributed by atoms with Crippen LogP contribution in [0.4, 0.5) is 5.69 Å². The molecule has 2 aliphatic heterocycles. The molecule has 3 unspecified atom stereocenters. The maximum Gasteiger partial charge on any atom is 0.306 e. The van der Waals surface area contributed by atoms with Crippen molar-refractivity contribution in [2.45, 2.75) is 58.7 Å². The quantitative estimate of drug-likeness (QED) is 0.225. The number of benzene rings is 2. The SMILES string of the molecule is CC(C)CC[N+](C=O)(CC1N=C2C=CC=CN2C1Cc1cc(Br)ccc1O)c1ccc(OC(C)C)cc1Cl. The Bertz CT molecular complexity index is 1260. The average molecular weight is 602 g/mol. The highest BCUT2D eigenvalue weighted by molar-refractivity contribution is 9.10. The van der Waals surface area contributed by atoms with E-state index < -0.39 is 0 Å². The van der Waals surface area contributed by atoms with Crippen LogP contribution in [0.1, 0.15) is 39.7 Å². The molecule has 2 heterocycles. The minimum Gasteiger partial charge on any atom is -0.508 e. The Morgan fingerprint density at radius 1 is 1.18 bits per heavy atom. The molecule has 2 aromatic carbocycles. The Balaban J connectivity index is 1.73. The Kier molecular flexibility index (Phi) is 9.01. The summed E-state index contributed by atoms with van der Waals surface area (Å²) in [5.41, 5.74) is 1.58. The van der Waals surface area contributed by atoms with Crippen molar-refractivity contribution < 1.29 is 14.6 Å². The number of fused-ring (bicyclic) bond motifs is 1. The number of phenols is 1. The van der Waals surface area contributed by atoms with E-state index in [0.717, 1.165) is 34.4 Å². The van der Waals surface area contributed by atoms with Crippen molar-refractivity contribution in [1.82, 2.24) is 9.38 Å². The molecule has 8 heteroatoms. The molecule has 38 heavy (non-hydrogen) atoms. The summed E-state index contributed by atoms with van der Waals surface area (Å²) < 4.78 is 6.81. The molecule has 0 radical (unpaired) electrons. The van der Waals surface area contributed by atoms with Gasteiger partial charge in [0.15, 0.2) is 5.69 Å². The highest BCUT2D eigenvalue weighted by Crippen LogP contribution is 2.37. The van der Waals surface area contributed by atoms with Gasteiger partial charge in [-0.15, -0.1) is 0 Å². The van der Waals surface area contributed by atoms with E-state index in [2.05, 4.69) is 34.7 Å². The minimum absolute atomic E-state index is 0.0196. The van der Waals surface area contributed by atoms with Gasteiger partial charge >= 0.3 is 6.41 Å². The summed E-state index contributed by atoms with van der Waals surface area (Å²) in [4.78, 5) is 20.3. The monoisotopic (exact) mass is 600 g/mol. The van der Waals surface area contributed by atoms with Gasteiger partial charge < -0.3 is 14.7 Å². The van der Waals surface area contributed by atoms with E-state index in [9.17, 15) is 9.90 Å². The van der Waals surface area contributed by atoms with Crippen molar-refractivity contribution >= 4 is 45.5 Å². The van der Waals surface area contributed by atoms with Gasteiger partial charge in [0.2, 0.25) is 0 Å². The molecule has 4 rings (SSSR count). The first kappa shape index (κ1) is 28.4. The van der Waals surface area contributed by atoms with Gasteiger partial charge in [0.1, 0.15) is 34.9 Å². The van der Waals surface area contributed by atoms with E-state index in [-0.39, 0.29) is 28.4 Å². The number of quaternary nitrogens is 1. The van der Waals surface area contributed by atoms with Crippen LogP contribution < -0.4 is 9.22 Å². The van der Waals surface area contributed by atoms with Crippen molar-refractivity contribution in [1.29, 1.82) is 0 Å². The number of carbonyl (C=O) groups is 1. The standard InChI is InChI=1S/C30H35BrClN3O3/c1-20(2)12-14-35(19-36,28-10-9-24(17-25(28)32)38-21(3)4)18-26-27(34-13-6-5-7-30(34)33-26)16-22-15-23(31)8-11-29(22)37/h5-11,13,15,17,19-21,26-27H,12,14,16,18H2,1-4H3/p+1. The number of hydrogen-bond donors (Lipinski definition) is 1. The van der Waals surface area contributed by atoms with Gasteiger partial charge in [-0.05, 0) is 74.6 Å². The van der Waals surface area contributed by atoms with E-state index in [4.69, 9.17) is 21.3 Å². The second-order valence-electron chi connectivity index (χ2n) is 10.7. The number of carbonyl (C=O) groups excluding carboxylic acids is 1. The lowest BCUT2D eigenvalue weighted by atomic mass is 9.97. The summed E-state index contributed by atoms with van der Waals surface area (Å²) in [6, 6.07) is 10.8.